The molecule has 9 aromatic rings. The summed E-state index contributed by atoms with van der Waals surface area (Å²) in [7, 11) is 1.05. The van der Waals surface area contributed by atoms with Gasteiger partial charge >= 0.3 is 24.0 Å². The van der Waals surface area contributed by atoms with Gasteiger partial charge in [-0.05, 0) is 200 Å². The van der Waals surface area contributed by atoms with Crippen LogP contribution in [0.4, 0.5) is 16.2 Å². The molecule has 0 fully saturated rings. The molecule has 0 saturated heterocycles. The molecule has 586 valence electrons. The summed E-state index contributed by atoms with van der Waals surface area (Å²) < 4.78 is 47.1. The van der Waals surface area contributed by atoms with E-state index in [4.69, 9.17) is 36.7 Å². The normalized spacial score (nSPS) is 10.5. The molecule has 4 amide bonds. The minimum absolute atomic E-state index is 0.0478. The molecule has 0 spiro atoms. The number of nitrogens with one attached hydrogen (secondary N) is 3. The van der Waals surface area contributed by atoms with E-state index in [-0.39, 0.29) is 58.4 Å². The number of rotatable bonds is 26. The van der Waals surface area contributed by atoms with Gasteiger partial charge in [0, 0.05) is 68.9 Å². The molecule has 9 rings (SSSR count). The van der Waals surface area contributed by atoms with Crippen molar-refractivity contribution in [2.24, 2.45) is 0 Å². The Balaban J connectivity index is 0.000000312. The number of nitrogens with zero attached hydrogens (tertiary/aromatic N) is 1. The maximum absolute atomic E-state index is 13.6. The molecule has 0 bridgehead atoms. The van der Waals surface area contributed by atoms with E-state index >= 15 is 0 Å². The van der Waals surface area contributed by atoms with E-state index in [0.29, 0.717) is 85.6 Å². The number of esters is 2. The maximum atomic E-state index is 13.6. The van der Waals surface area contributed by atoms with Gasteiger partial charge in [0.25, 0.3) is 11.8 Å². The van der Waals surface area contributed by atoms with Crippen molar-refractivity contribution in [3.05, 3.63) is 285 Å². The van der Waals surface area contributed by atoms with Crippen LogP contribution < -0.4 is 26.4 Å². The molecule has 0 radical (unpaired) electrons. The minimum atomic E-state index is -3.77. The molecule has 0 aliphatic heterocycles. The highest BCUT2D eigenvalue weighted by Gasteiger charge is 2.23. The van der Waals surface area contributed by atoms with E-state index in [0.717, 1.165) is 47.1 Å². The van der Waals surface area contributed by atoms with Crippen molar-refractivity contribution >= 4 is 74.5 Å². The number of aryl methyl sites for hydroxylation is 9. The predicted molar refractivity (Wildman–Crippen MR) is 439 cm³/mol. The number of aliphatic carboxylic acids is 1. The topological polar surface area (TPSA) is 276 Å². The first-order valence-corrected chi connectivity index (χ1v) is 38.6. The van der Waals surface area contributed by atoms with E-state index in [1.807, 2.05) is 152 Å². The van der Waals surface area contributed by atoms with Gasteiger partial charge in [-0.1, -0.05) is 186 Å². The van der Waals surface area contributed by atoms with Crippen molar-refractivity contribution in [1.82, 2.24) is 15.5 Å². The fraction of sp³-hybridized carbons (Fsp3) is 0.315. The molecule has 110 heavy (non-hydrogen) atoms. The number of methoxy groups -OCH3 is 1. The summed E-state index contributed by atoms with van der Waals surface area (Å²) in [5.74, 6) is -1.32. The number of amides is 4. The molecule has 0 aromatic heterocycles. The smallest absolute Gasteiger partial charge is 0.412 e. The first-order chi connectivity index (χ1) is 52.3. The SMILES string of the molecule is CC(C)(C)OC(=O)Nc1cccc(N)c1.CCOC(=O)CCc1cccc(C)c1.CCOC(=O)CCl.COc1ccc(-c2cccc(C(=O)N(C)C)c2)cc1S(=O)(=O)Cc1cccc(CCCNC(=O)c2cccc(C)c2)c1.Cc1cccc(CCC(=O)NCc2cccc(C)c2)c1.Cc1cccc(CCC(=O)O)c1. The maximum Gasteiger partial charge on any atom is 0.412 e. The zero-order valence-electron chi connectivity index (χ0n) is 65.7. The quantitative estimate of drug-likeness (QED) is 0.0111. The number of benzene rings is 9. The molecule has 0 heterocycles. The lowest BCUT2D eigenvalue weighted by Crippen LogP contribution is -2.27. The van der Waals surface area contributed by atoms with E-state index in [2.05, 4.69) is 70.9 Å². The van der Waals surface area contributed by atoms with Crippen LogP contribution in [-0.2, 0) is 81.2 Å². The van der Waals surface area contributed by atoms with Gasteiger partial charge in [0.05, 0.1) is 26.1 Å². The Bertz CT molecular complexity index is 4500. The van der Waals surface area contributed by atoms with Crippen LogP contribution in [0.5, 0.6) is 5.75 Å². The van der Waals surface area contributed by atoms with Crippen LogP contribution in [0.1, 0.15) is 142 Å². The molecule has 6 N–H and O–H groups in total. The molecule has 0 unspecified atom stereocenters. The highest BCUT2D eigenvalue weighted by atomic mass is 35.5. The Hall–Kier alpha value is -11.1. The number of carboxylic acid groups (broad SMARTS) is 1. The molecule has 0 atom stereocenters. The monoisotopic (exact) mass is 1540 g/mol. The van der Waals surface area contributed by atoms with Gasteiger partial charge < -0.3 is 45.3 Å². The second kappa shape index (κ2) is 48.3. The van der Waals surface area contributed by atoms with Crippen molar-refractivity contribution < 1.29 is 66.0 Å². The Labute approximate surface area is 655 Å². The molecule has 21 heteroatoms. The highest BCUT2D eigenvalue weighted by molar-refractivity contribution is 7.90. The largest absolute Gasteiger partial charge is 0.495 e. The number of nitrogen functional groups attached to an aromatic ring is 1. The van der Waals surface area contributed by atoms with Gasteiger partial charge in [0.15, 0.2) is 9.84 Å². The van der Waals surface area contributed by atoms with Gasteiger partial charge in [-0.15, -0.1) is 11.6 Å². The predicted octanol–water partition coefficient (Wildman–Crippen LogP) is 17.2. The van der Waals surface area contributed by atoms with Crippen LogP contribution in [0.2, 0.25) is 0 Å². The highest BCUT2D eigenvalue weighted by Crippen LogP contribution is 2.33. The zero-order chi connectivity index (χ0) is 81.2. The summed E-state index contributed by atoms with van der Waals surface area (Å²) in [5.41, 5.74) is 21.1. The fourth-order valence-electron chi connectivity index (χ4n) is 10.7. The second-order valence-electron chi connectivity index (χ2n) is 27.1. The van der Waals surface area contributed by atoms with E-state index < -0.39 is 27.5 Å². The van der Waals surface area contributed by atoms with Crippen molar-refractivity contribution in [3.63, 3.8) is 0 Å². The number of sulfone groups is 1. The van der Waals surface area contributed by atoms with E-state index in [9.17, 15) is 42.0 Å². The Morgan fingerprint density at radius 2 is 1.00 bits per heavy atom. The first kappa shape index (κ1) is 91.3. The van der Waals surface area contributed by atoms with Crippen molar-refractivity contribution in [3.8, 4) is 16.9 Å². The van der Waals surface area contributed by atoms with Gasteiger partial charge in [-0.25, -0.2) is 13.2 Å². The lowest BCUT2D eigenvalue weighted by Gasteiger charge is -2.19. The minimum Gasteiger partial charge on any atom is -0.495 e. The molecule has 0 saturated carbocycles. The number of anilines is 2. The Morgan fingerprint density at radius 1 is 0.518 bits per heavy atom. The summed E-state index contributed by atoms with van der Waals surface area (Å²) in [6.45, 7) is 21.1. The number of carbonyl (C=O) groups excluding carboxylic acids is 6. The number of carboxylic acids is 1. The van der Waals surface area contributed by atoms with Crippen LogP contribution in [-0.4, -0.2) is 113 Å². The fourth-order valence-corrected chi connectivity index (χ4v) is 12.3. The third kappa shape index (κ3) is 37.1. The molecule has 0 aliphatic rings. The molecular weight excluding hydrogens is 1430 g/mol. The van der Waals surface area contributed by atoms with Crippen molar-refractivity contribution in [1.29, 1.82) is 0 Å². The number of hydrogen-bond donors (Lipinski definition) is 5. The van der Waals surface area contributed by atoms with E-state index in [1.54, 1.807) is 93.8 Å². The summed E-state index contributed by atoms with van der Waals surface area (Å²) >= 11 is 5.06. The van der Waals surface area contributed by atoms with Crippen LogP contribution in [0.3, 0.4) is 0 Å². The standard InChI is InChI=1S/C34H36N2O5S.C18H21NO.C12H16O2.C11H16N2O2.C10H12O2.C4H7ClO2/c1-24-9-5-14-29(19-24)33(37)35-18-8-12-25-10-6-11-26(20-25)23-42(39,40)32-22-28(16-17-31(32)41-4)27-13-7-15-30(21-27)34(38)36(2)3;1-14-5-3-7-16(11-14)9-10-18(20)19-13-17-8-4-6-15(2)12-17;1-3-14-12(13)8-7-11-6-4-5-10(2)9-11;1-11(2,3)15-10(14)13-9-6-4-5-8(12)7-9;1-8-3-2-4-9(7-8)5-6-10(11)12;1-2-7-4(6)3-5/h5-7,9-11,13-17,19-22H,8,12,18,23H2,1-4H3,(H,35,37);3-8,11-12H,9-10,13H2,1-2H3,(H,19,20);4-6,9H,3,7-8H2,1-2H3;4-7H,12H2,1-3H3,(H,13,14);2-4,7H,5-6H2,1H3,(H,11,12);2-3H2,1H3. The lowest BCUT2D eigenvalue weighted by atomic mass is 10.0. The Morgan fingerprint density at radius 3 is 1.52 bits per heavy atom. The number of alkyl halides is 1. The third-order valence-corrected chi connectivity index (χ3v) is 17.8. The van der Waals surface area contributed by atoms with E-state index in [1.165, 1.54) is 45.4 Å². The average molecular weight is 1540 g/mol. The zero-order valence-corrected chi connectivity index (χ0v) is 67.2. The molecular formula is C89H108ClN5O14S. The third-order valence-electron chi connectivity index (χ3n) is 15.9. The van der Waals surface area contributed by atoms with Crippen LogP contribution in [0.15, 0.2) is 217 Å². The number of halogens is 1. The number of hydrogen-bond acceptors (Lipinski definition) is 14. The van der Waals surface area contributed by atoms with Crippen molar-refractivity contribution in [2.75, 3.05) is 57.9 Å². The van der Waals surface area contributed by atoms with Gasteiger partial charge in [0.2, 0.25) is 5.91 Å². The number of carbonyl (C=O) groups is 7. The molecule has 19 nitrogen and oxygen atoms in total. The van der Waals surface area contributed by atoms with Crippen LogP contribution in [0, 0.1) is 34.6 Å². The number of nitrogens with two attached hydrogens (primary N) is 1. The second-order valence-corrected chi connectivity index (χ2v) is 29.3. The van der Waals surface area contributed by atoms with Crippen molar-refractivity contribution in [2.45, 2.75) is 143 Å². The van der Waals surface area contributed by atoms with Gasteiger partial charge in [0.1, 0.15) is 22.1 Å². The van der Waals surface area contributed by atoms with Crippen LogP contribution in [0.25, 0.3) is 11.1 Å². The first-order valence-electron chi connectivity index (χ1n) is 36.4. The van der Waals surface area contributed by atoms with Gasteiger partial charge in [-0.2, -0.15) is 0 Å². The lowest BCUT2D eigenvalue weighted by molar-refractivity contribution is -0.143. The summed E-state index contributed by atoms with van der Waals surface area (Å²) in [6, 6.07) is 66.7. The summed E-state index contributed by atoms with van der Waals surface area (Å²) in [6.07, 6.45) is 4.34. The summed E-state index contributed by atoms with van der Waals surface area (Å²) in [5, 5.41) is 17.0. The van der Waals surface area contributed by atoms with Gasteiger partial charge in [-0.3, -0.25) is 34.1 Å². The Kier molecular flexibility index (Phi) is 40.1. The average Bonchev–Trinajstić information content (AvgIpc) is 0.788. The number of ether oxygens (including phenoxy) is 4. The van der Waals surface area contributed by atoms with Crippen LogP contribution >= 0.6 is 11.6 Å². The molecule has 9 aromatic carbocycles. The molecule has 0 aliphatic carbocycles. The summed E-state index contributed by atoms with van der Waals surface area (Å²) in [4.78, 5) is 81.0.